The van der Waals surface area contributed by atoms with E-state index in [1.54, 1.807) is 6.20 Å². The fourth-order valence-corrected chi connectivity index (χ4v) is 1.59. The standard InChI is InChI=1S/C10H17BrN4/c1-2-3-4-5-6-13-9-8(11)7-14-10(12)15-9/h7H,2-6H2,1H3,(H3,12,13,14,15). The van der Waals surface area contributed by atoms with Crippen LogP contribution in [0.15, 0.2) is 10.7 Å². The van der Waals surface area contributed by atoms with Crippen molar-refractivity contribution in [1.29, 1.82) is 0 Å². The molecule has 84 valence electrons. The Morgan fingerprint density at radius 1 is 1.40 bits per heavy atom. The lowest BCUT2D eigenvalue weighted by Gasteiger charge is -2.07. The Morgan fingerprint density at radius 3 is 2.93 bits per heavy atom. The quantitative estimate of drug-likeness (QED) is 0.782. The average molecular weight is 273 g/mol. The van der Waals surface area contributed by atoms with Gasteiger partial charge in [0.2, 0.25) is 5.95 Å². The second-order valence-electron chi connectivity index (χ2n) is 3.41. The predicted octanol–water partition coefficient (Wildman–Crippen LogP) is 2.81. The van der Waals surface area contributed by atoms with E-state index in [2.05, 4.69) is 38.1 Å². The van der Waals surface area contributed by atoms with E-state index in [1.165, 1.54) is 19.3 Å². The molecule has 0 bridgehead atoms. The van der Waals surface area contributed by atoms with Crippen LogP contribution in [-0.2, 0) is 0 Å². The van der Waals surface area contributed by atoms with Gasteiger partial charge in [-0.15, -0.1) is 0 Å². The molecule has 1 rings (SSSR count). The van der Waals surface area contributed by atoms with Gasteiger partial charge in [-0.3, -0.25) is 0 Å². The summed E-state index contributed by atoms with van der Waals surface area (Å²) in [4.78, 5) is 7.98. The SMILES string of the molecule is CCCCCCNc1nc(N)ncc1Br. The van der Waals surface area contributed by atoms with E-state index in [0.717, 1.165) is 23.3 Å². The van der Waals surface area contributed by atoms with E-state index >= 15 is 0 Å². The van der Waals surface area contributed by atoms with E-state index in [9.17, 15) is 0 Å². The number of anilines is 2. The van der Waals surface area contributed by atoms with Crippen molar-refractivity contribution in [1.82, 2.24) is 9.97 Å². The van der Waals surface area contributed by atoms with Gasteiger partial charge in [-0.05, 0) is 22.4 Å². The van der Waals surface area contributed by atoms with Crippen LogP contribution in [0.1, 0.15) is 32.6 Å². The van der Waals surface area contributed by atoms with Crippen LogP contribution in [-0.4, -0.2) is 16.5 Å². The fraction of sp³-hybridized carbons (Fsp3) is 0.600. The summed E-state index contributed by atoms with van der Waals surface area (Å²) < 4.78 is 0.854. The lowest BCUT2D eigenvalue weighted by molar-refractivity contribution is 0.684. The highest BCUT2D eigenvalue weighted by Gasteiger charge is 2.01. The molecular weight excluding hydrogens is 256 g/mol. The molecule has 0 radical (unpaired) electrons. The zero-order valence-electron chi connectivity index (χ0n) is 8.96. The van der Waals surface area contributed by atoms with Crippen LogP contribution in [0.25, 0.3) is 0 Å². The molecule has 3 N–H and O–H groups in total. The van der Waals surface area contributed by atoms with E-state index in [4.69, 9.17) is 5.73 Å². The van der Waals surface area contributed by atoms with Crippen molar-refractivity contribution >= 4 is 27.7 Å². The summed E-state index contributed by atoms with van der Waals surface area (Å²) in [6, 6.07) is 0. The van der Waals surface area contributed by atoms with Crippen molar-refractivity contribution in [2.24, 2.45) is 0 Å². The minimum Gasteiger partial charge on any atom is -0.369 e. The summed E-state index contributed by atoms with van der Waals surface area (Å²) in [5.41, 5.74) is 5.50. The second kappa shape index (κ2) is 6.61. The monoisotopic (exact) mass is 272 g/mol. The van der Waals surface area contributed by atoms with Crippen molar-refractivity contribution in [2.45, 2.75) is 32.6 Å². The first-order valence-corrected chi connectivity index (χ1v) is 6.05. The number of nitrogens with zero attached hydrogens (tertiary/aromatic N) is 2. The van der Waals surface area contributed by atoms with Crippen LogP contribution in [0, 0.1) is 0 Å². The van der Waals surface area contributed by atoms with Crippen molar-refractivity contribution in [3.05, 3.63) is 10.7 Å². The van der Waals surface area contributed by atoms with Crippen LogP contribution in [0.5, 0.6) is 0 Å². The molecule has 0 saturated heterocycles. The van der Waals surface area contributed by atoms with Crippen LogP contribution in [0.3, 0.4) is 0 Å². The Balaban J connectivity index is 2.33. The molecule has 0 fully saturated rings. The molecule has 0 aromatic carbocycles. The molecule has 15 heavy (non-hydrogen) atoms. The topological polar surface area (TPSA) is 63.8 Å². The molecular formula is C10H17BrN4. The third-order valence-electron chi connectivity index (χ3n) is 2.09. The van der Waals surface area contributed by atoms with E-state index in [1.807, 2.05) is 0 Å². The number of nitrogens with two attached hydrogens (primary N) is 1. The first-order valence-electron chi connectivity index (χ1n) is 5.26. The van der Waals surface area contributed by atoms with Crippen molar-refractivity contribution < 1.29 is 0 Å². The van der Waals surface area contributed by atoms with Gasteiger partial charge in [0.25, 0.3) is 0 Å². The lowest BCUT2D eigenvalue weighted by atomic mass is 10.2. The fourth-order valence-electron chi connectivity index (χ4n) is 1.26. The minimum absolute atomic E-state index is 0.300. The van der Waals surface area contributed by atoms with E-state index in [-0.39, 0.29) is 0 Å². The Labute approximate surface area is 98.8 Å². The molecule has 4 nitrogen and oxygen atoms in total. The minimum atomic E-state index is 0.300. The number of halogens is 1. The van der Waals surface area contributed by atoms with Gasteiger partial charge in [0.1, 0.15) is 5.82 Å². The third-order valence-corrected chi connectivity index (χ3v) is 2.67. The zero-order chi connectivity index (χ0) is 11.1. The zero-order valence-corrected chi connectivity index (χ0v) is 10.5. The molecule has 0 aliphatic rings. The van der Waals surface area contributed by atoms with Gasteiger partial charge in [0.05, 0.1) is 4.47 Å². The molecule has 0 unspecified atom stereocenters. The number of nitrogen functional groups attached to an aromatic ring is 1. The van der Waals surface area contributed by atoms with Crippen LogP contribution in [0.4, 0.5) is 11.8 Å². The third kappa shape index (κ3) is 4.46. The van der Waals surface area contributed by atoms with Gasteiger partial charge in [-0.1, -0.05) is 26.2 Å². The number of unbranched alkanes of at least 4 members (excludes halogenated alkanes) is 3. The summed E-state index contributed by atoms with van der Waals surface area (Å²) in [6.45, 7) is 3.13. The summed E-state index contributed by atoms with van der Waals surface area (Å²) in [5.74, 6) is 1.08. The first-order chi connectivity index (χ1) is 7.24. The Hall–Kier alpha value is -0.840. The van der Waals surface area contributed by atoms with E-state index in [0.29, 0.717) is 5.95 Å². The maximum Gasteiger partial charge on any atom is 0.221 e. The number of aromatic nitrogens is 2. The Morgan fingerprint density at radius 2 is 2.20 bits per heavy atom. The lowest BCUT2D eigenvalue weighted by Crippen LogP contribution is -2.06. The predicted molar refractivity (Wildman–Crippen MR) is 66.8 cm³/mol. The maximum absolute atomic E-state index is 5.50. The highest BCUT2D eigenvalue weighted by atomic mass is 79.9. The van der Waals surface area contributed by atoms with Crippen molar-refractivity contribution in [2.75, 3.05) is 17.6 Å². The largest absolute Gasteiger partial charge is 0.369 e. The molecule has 0 spiro atoms. The van der Waals surface area contributed by atoms with Crippen LogP contribution < -0.4 is 11.1 Å². The van der Waals surface area contributed by atoms with Gasteiger partial charge in [0, 0.05) is 12.7 Å². The first kappa shape index (κ1) is 12.2. The molecule has 0 aliphatic carbocycles. The normalized spacial score (nSPS) is 10.3. The molecule has 1 aromatic rings. The van der Waals surface area contributed by atoms with Crippen LogP contribution >= 0.6 is 15.9 Å². The Kier molecular flexibility index (Phi) is 5.39. The Bertz CT molecular complexity index is 303. The van der Waals surface area contributed by atoms with Gasteiger partial charge in [-0.25, -0.2) is 4.98 Å². The molecule has 0 aliphatic heterocycles. The van der Waals surface area contributed by atoms with Gasteiger partial charge in [-0.2, -0.15) is 4.98 Å². The maximum atomic E-state index is 5.50. The molecule has 1 aromatic heterocycles. The highest BCUT2D eigenvalue weighted by Crippen LogP contribution is 2.19. The summed E-state index contributed by atoms with van der Waals surface area (Å²) in [5, 5.41) is 3.23. The van der Waals surface area contributed by atoms with Gasteiger partial charge >= 0.3 is 0 Å². The molecule has 5 heteroatoms. The summed E-state index contributed by atoms with van der Waals surface area (Å²) in [6.07, 6.45) is 6.61. The van der Waals surface area contributed by atoms with E-state index < -0.39 is 0 Å². The second-order valence-corrected chi connectivity index (χ2v) is 4.27. The number of hydrogen-bond donors (Lipinski definition) is 2. The van der Waals surface area contributed by atoms with Gasteiger partial charge in [0.15, 0.2) is 0 Å². The molecule has 0 saturated carbocycles. The summed E-state index contributed by atoms with van der Waals surface area (Å²) in [7, 11) is 0. The number of hydrogen-bond acceptors (Lipinski definition) is 4. The van der Waals surface area contributed by atoms with Crippen LogP contribution in [0.2, 0.25) is 0 Å². The number of nitrogens with one attached hydrogen (secondary N) is 1. The molecule has 1 heterocycles. The molecule has 0 amide bonds. The average Bonchev–Trinajstić information content (AvgIpc) is 2.23. The van der Waals surface area contributed by atoms with Gasteiger partial charge < -0.3 is 11.1 Å². The smallest absolute Gasteiger partial charge is 0.221 e. The molecule has 0 atom stereocenters. The summed E-state index contributed by atoms with van der Waals surface area (Å²) >= 11 is 3.37. The highest BCUT2D eigenvalue weighted by molar-refractivity contribution is 9.10. The van der Waals surface area contributed by atoms with Crippen molar-refractivity contribution in [3.63, 3.8) is 0 Å². The van der Waals surface area contributed by atoms with Crippen molar-refractivity contribution in [3.8, 4) is 0 Å². The number of rotatable bonds is 6.